The second-order valence-corrected chi connectivity index (χ2v) is 6.56. The van der Waals surface area contributed by atoms with Crippen LogP contribution < -0.4 is 5.32 Å². The van der Waals surface area contributed by atoms with Crippen molar-refractivity contribution in [3.05, 3.63) is 35.4 Å². The zero-order valence-electron chi connectivity index (χ0n) is 13.2. The summed E-state index contributed by atoms with van der Waals surface area (Å²) in [7, 11) is 0. The number of rotatable bonds is 2. The highest BCUT2D eigenvalue weighted by Crippen LogP contribution is 2.14. The number of ether oxygens (including phenoxy) is 1. The molecule has 0 radical (unpaired) electrons. The van der Waals surface area contributed by atoms with E-state index in [0.29, 0.717) is 31.6 Å². The molecule has 6 heteroatoms. The summed E-state index contributed by atoms with van der Waals surface area (Å²) in [5.74, 6) is -1.18. The Morgan fingerprint density at radius 3 is 2.55 bits per heavy atom. The molecule has 1 saturated heterocycles. The van der Waals surface area contributed by atoms with E-state index in [1.807, 2.05) is 20.8 Å². The Labute approximate surface area is 129 Å². The number of piperazine rings is 1. The van der Waals surface area contributed by atoms with Crippen LogP contribution in [0.25, 0.3) is 0 Å². The molecule has 0 saturated carbocycles. The lowest BCUT2D eigenvalue weighted by atomic mass is 10.0. The molecule has 4 nitrogen and oxygen atoms in total. The fourth-order valence-electron chi connectivity index (χ4n) is 2.47. The van der Waals surface area contributed by atoms with Gasteiger partial charge in [-0.05, 0) is 44.9 Å². The van der Waals surface area contributed by atoms with Gasteiger partial charge in [-0.1, -0.05) is 0 Å². The van der Waals surface area contributed by atoms with Gasteiger partial charge in [-0.25, -0.2) is 13.6 Å². The van der Waals surface area contributed by atoms with E-state index in [1.54, 1.807) is 4.90 Å². The predicted octanol–water partition coefficient (Wildman–Crippen LogP) is 2.72. The molecule has 0 bridgehead atoms. The van der Waals surface area contributed by atoms with Crippen LogP contribution in [0.1, 0.15) is 26.3 Å². The number of carbonyl (C=O) groups is 1. The molecule has 1 aliphatic rings. The van der Waals surface area contributed by atoms with Gasteiger partial charge in [0.15, 0.2) is 0 Å². The standard InChI is InChI=1S/C16H22F2N2O2/c1-16(2,3)22-15(21)20-5-4-19-14(10-20)8-11-6-12(17)9-13(18)7-11/h6-7,9,14,19H,4-5,8,10H2,1-3H3/t14-/m1/s1. The van der Waals surface area contributed by atoms with Gasteiger partial charge in [0, 0.05) is 31.7 Å². The summed E-state index contributed by atoms with van der Waals surface area (Å²) < 4.78 is 31.8. The van der Waals surface area contributed by atoms with E-state index in [-0.39, 0.29) is 12.1 Å². The number of benzene rings is 1. The van der Waals surface area contributed by atoms with E-state index < -0.39 is 17.2 Å². The highest BCUT2D eigenvalue weighted by Gasteiger charge is 2.27. The van der Waals surface area contributed by atoms with Crippen LogP contribution in [0.15, 0.2) is 18.2 Å². The molecule has 0 aliphatic carbocycles. The molecular formula is C16H22F2N2O2. The monoisotopic (exact) mass is 312 g/mol. The average molecular weight is 312 g/mol. The van der Waals surface area contributed by atoms with Gasteiger partial charge in [-0.15, -0.1) is 0 Å². The van der Waals surface area contributed by atoms with Crippen LogP contribution >= 0.6 is 0 Å². The molecule has 1 atom stereocenters. The second-order valence-electron chi connectivity index (χ2n) is 6.56. The maximum Gasteiger partial charge on any atom is 0.410 e. The van der Waals surface area contributed by atoms with Crippen LogP contribution in [-0.4, -0.2) is 42.3 Å². The van der Waals surface area contributed by atoms with Crippen molar-refractivity contribution >= 4 is 6.09 Å². The molecule has 1 heterocycles. The van der Waals surface area contributed by atoms with E-state index in [4.69, 9.17) is 4.74 Å². The van der Waals surface area contributed by atoms with Gasteiger partial charge in [0.05, 0.1) is 0 Å². The molecular weight excluding hydrogens is 290 g/mol. The molecule has 1 aromatic rings. The molecule has 0 unspecified atom stereocenters. The number of halogens is 2. The lowest BCUT2D eigenvalue weighted by Crippen LogP contribution is -2.54. The smallest absolute Gasteiger partial charge is 0.410 e. The van der Waals surface area contributed by atoms with Gasteiger partial charge >= 0.3 is 6.09 Å². The highest BCUT2D eigenvalue weighted by molar-refractivity contribution is 5.68. The van der Waals surface area contributed by atoms with Crippen molar-refractivity contribution in [2.75, 3.05) is 19.6 Å². The topological polar surface area (TPSA) is 41.6 Å². The van der Waals surface area contributed by atoms with Crippen LogP contribution in [0.4, 0.5) is 13.6 Å². The maximum atomic E-state index is 13.2. The Hall–Kier alpha value is -1.69. The fourth-order valence-corrected chi connectivity index (χ4v) is 2.47. The zero-order valence-corrected chi connectivity index (χ0v) is 13.2. The number of carbonyl (C=O) groups excluding carboxylic acids is 1. The molecule has 1 aliphatic heterocycles. The van der Waals surface area contributed by atoms with Gasteiger partial charge in [0.25, 0.3) is 0 Å². The Bertz CT molecular complexity index is 523. The minimum absolute atomic E-state index is 0.0533. The third kappa shape index (κ3) is 4.94. The fraction of sp³-hybridized carbons (Fsp3) is 0.562. The summed E-state index contributed by atoms with van der Waals surface area (Å²) in [6.07, 6.45) is 0.0953. The third-order valence-electron chi connectivity index (χ3n) is 3.31. The number of hydrogen-bond acceptors (Lipinski definition) is 3. The lowest BCUT2D eigenvalue weighted by Gasteiger charge is -2.35. The second kappa shape index (κ2) is 6.60. The van der Waals surface area contributed by atoms with Crippen LogP contribution in [0, 0.1) is 11.6 Å². The summed E-state index contributed by atoms with van der Waals surface area (Å²) in [4.78, 5) is 13.7. The number of hydrogen-bond donors (Lipinski definition) is 1. The quantitative estimate of drug-likeness (QED) is 0.913. The predicted molar refractivity (Wildman–Crippen MR) is 79.7 cm³/mol. The SMILES string of the molecule is CC(C)(C)OC(=O)N1CCN[C@H](Cc2cc(F)cc(F)c2)C1. The van der Waals surface area contributed by atoms with Crippen molar-refractivity contribution < 1.29 is 18.3 Å². The molecule has 22 heavy (non-hydrogen) atoms. The Morgan fingerprint density at radius 2 is 1.95 bits per heavy atom. The first kappa shape index (κ1) is 16.7. The maximum absolute atomic E-state index is 13.2. The van der Waals surface area contributed by atoms with Gasteiger partial charge in [0.1, 0.15) is 17.2 Å². The van der Waals surface area contributed by atoms with E-state index in [1.165, 1.54) is 12.1 Å². The molecule has 1 amide bonds. The van der Waals surface area contributed by atoms with Crippen molar-refractivity contribution in [3.63, 3.8) is 0 Å². The van der Waals surface area contributed by atoms with E-state index in [0.717, 1.165) is 6.07 Å². The molecule has 0 aromatic heterocycles. The van der Waals surface area contributed by atoms with E-state index in [9.17, 15) is 13.6 Å². The largest absolute Gasteiger partial charge is 0.444 e. The Morgan fingerprint density at radius 1 is 1.32 bits per heavy atom. The van der Waals surface area contributed by atoms with Crippen molar-refractivity contribution in [3.8, 4) is 0 Å². The molecule has 2 rings (SSSR count). The molecule has 0 spiro atoms. The van der Waals surface area contributed by atoms with Gasteiger partial charge in [0.2, 0.25) is 0 Å². The number of nitrogens with one attached hydrogen (secondary N) is 1. The van der Waals surface area contributed by atoms with Crippen LogP contribution in [0.3, 0.4) is 0 Å². The first-order valence-electron chi connectivity index (χ1n) is 7.39. The molecule has 1 aromatic carbocycles. The molecule has 1 N–H and O–H groups in total. The van der Waals surface area contributed by atoms with Crippen molar-refractivity contribution in [1.29, 1.82) is 0 Å². The van der Waals surface area contributed by atoms with Gasteiger partial charge in [-0.3, -0.25) is 0 Å². The third-order valence-corrected chi connectivity index (χ3v) is 3.31. The Balaban J connectivity index is 1.97. The molecule has 1 fully saturated rings. The summed E-state index contributed by atoms with van der Waals surface area (Å²) in [6.45, 7) is 7.10. The molecule has 122 valence electrons. The zero-order chi connectivity index (χ0) is 16.3. The first-order valence-corrected chi connectivity index (χ1v) is 7.39. The van der Waals surface area contributed by atoms with Crippen molar-refractivity contribution in [2.45, 2.75) is 38.8 Å². The van der Waals surface area contributed by atoms with Crippen molar-refractivity contribution in [2.24, 2.45) is 0 Å². The normalized spacial score (nSPS) is 19.1. The highest BCUT2D eigenvalue weighted by atomic mass is 19.1. The minimum atomic E-state index is -0.588. The van der Waals surface area contributed by atoms with E-state index >= 15 is 0 Å². The van der Waals surface area contributed by atoms with Gasteiger partial charge in [-0.2, -0.15) is 0 Å². The van der Waals surface area contributed by atoms with Gasteiger partial charge < -0.3 is 15.0 Å². The first-order chi connectivity index (χ1) is 10.2. The van der Waals surface area contributed by atoms with Crippen LogP contribution in [-0.2, 0) is 11.2 Å². The van der Waals surface area contributed by atoms with Crippen molar-refractivity contribution in [1.82, 2.24) is 10.2 Å². The number of nitrogens with zero attached hydrogens (tertiary/aromatic N) is 1. The summed E-state index contributed by atoms with van der Waals surface area (Å²) >= 11 is 0. The van der Waals surface area contributed by atoms with Crippen LogP contribution in [0.5, 0.6) is 0 Å². The van der Waals surface area contributed by atoms with Crippen LogP contribution in [0.2, 0.25) is 0 Å². The number of amides is 1. The summed E-state index contributed by atoms with van der Waals surface area (Å²) in [6, 6.07) is 3.43. The average Bonchev–Trinajstić information content (AvgIpc) is 2.35. The summed E-state index contributed by atoms with van der Waals surface area (Å²) in [5.41, 5.74) is 0.0319. The Kier molecular flexibility index (Phi) is 5.01. The van der Waals surface area contributed by atoms with E-state index in [2.05, 4.69) is 5.32 Å². The minimum Gasteiger partial charge on any atom is -0.444 e. The lowest BCUT2D eigenvalue weighted by molar-refractivity contribution is 0.0195. The summed E-state index contributed by atoms with van der Waals surface area (Å²) in [5, 5.41) is 3.26.